The van der Waals surface area contributed by atoms with Crippen molar-refractivity contribution >= 4 is 33.8 Å². The lowest BCUT2D eigenvalue weighted by molar-refractivity contribution is 0.0971. The maximum absolute atomic E-state index is 13.7. The lowest BCUT2D eigenvalue weighted by Gasteiger charge is -2.28. The minimum atomic E-state index is -0.317. The molecule has 0 unspecified atom stereocenters. The summed E-state index contributed by atoms with van der Waals surface area (Å²) < 4.78 is 3.81. The van der Waals surface area contributed by atoms with Gasteiger partial charge < -0.3 is 14.2 Å². The average molecular weight is 579 g/mol. The van der Waals surface area contributed by atoms with Crippen LogP contribution in [-0.2, 0) is 30.3 Å². The number of fused-ring (bicyclic) bond motifs is 1. The monoisotopic (exact) mass is 577 g/mol. The molecule has 0 aliphatic rings. The number of nitrogens with one attached hydrogen (secondary N) is 1. The van der Waals surface area contributed by atoms with Crippen LogP contribution in [0.25, 0.3) is 11.0 Å². The van der Waals surface area contributed by atoms with Crippen molar-refractivity contribution in [1.82, 2.24) is 9.13 Å². The third kappa shape index (κ3) is 6.12. The van der Waals surface area contributed by atoms with Crippen LogP contribution in [0.3, 0.4) is 0 Å². The van der Waals surface area contributed by atoms with E-state index in [0.717, 1.165) is 35.0 Å². The van der Waals surface area contributed by atoms with E-state index in [0.29, 0.717) is 17.7 Å². The summed E-state index contributed by atoms with van der Waals surface area (Å²) in [6, 6.07) is 22.0. The van der Waals surface area contributed by atoms with Gasteiger partial charge in [0.1, 0.15) is 5.75 Å². The zero-order valence-corrected chi connectivity index (χ0v) is 25.1. The zero-order chi connectivity index (χ0) is 27.0. The fourth-order valence-corrected chi connectivity index (χ4v) is 4.94. The van der Waals surface area contributed by atoms with E-state index in [2.05, 4.69) is 24.3 Å². The molecule has 0 bridgehead atoms. The normalized spacial score (nSPS) is 11.9. The molecule has 0 aliphatic carbocycles. The van der Waals surface area contributed by atoms with Crippen LogP contribution < -0.4 is 5.62 Å². The molecule has 2 N–H and O–H groups in total. The van der Waals surface area contributed by atoms with Crippen molar-refractivity contribution in [2.45, 2.75) is 78.3 Å². The molecule has 1 heterocycles. The predicted octanol–water partition coefficient (Wildman–Crippen LogP) is 7.32. The quantitative estimate of drug-likeness (QED) is 0.226. The molecule has 0 fully saturated rings. The number of nitrogens with zero attached hydrogens (tertiary/aromatic N) is 2. The first kappa shape index (κ1) is 29.4. The molecule has 38 heavy (non-hydrogen) atoms. The Balaban J connectivity index is 0.00000400. The Bertz CT molecular complexity index is 1450. The second-order valence-corrected chi connectivity index (χ2v) is 12.0. The van der Waals surface area contributed by atoms with E-state index in [4.69, 9.17) is 5.41 Å². The van der Waals surface area contributed by atoms with Gasteiger partial charge in [-0.25, -0.2) is 0 Å². The average Bonchev–Trinajstić information content (AvgIpc) is 3.09. The molecular weight excluding hydrogens is 538 g/mol. The second-order valence-electron chi connectivity index (χ2n) is 12.0. The predicted molar refractivity (Wildman–Crippen MR) is 161 cm³/mol. The van der Waals surface area contributed by atoms with Crippen LogP contribution in [0.15, 0.2) is 66.7 Å². The molecule has 202 valence electrons. The number of para-hydroxylation sites is 2. The van der Waals surface area contributed by atoms with Gasteiger partial charge in [-0.05, 0) is 53.5 Å². The van der Waals surface area contributed by atoms with E-state index < -0.39 is 0 Å². The Morgan fingerprint density at radius 2 is 1.32 bits per heavy atom. The van der Waals surface area contributed by atoms with Crippen LogP contribution >= 0.6 is 17.0 Å². The van der Waals surface area contributed by atoms with Crippen LogP contribution in [0, 0.1) is 5.41 Å². The molecule has 0 saturated carbocycles. The molecule has 0 spiro atoms. The number of Topliss-reactive ketones (excluding diaryl/α,β-unsaturated/α-hetero) is 1. The molecule has 0 saturated heterocycles. The molecule has 4 aromatic rings. The number of aryl methyl sites for hydroxylation is 2. The van der Waals surface area contributed by atoms with E-state index >= 15 is 0 Å². The van der Waals surface area contributed by atoms with E-state index in [1.165, 1.54) is 5.56 Å². The molecule has 0 aliphatic heterocycles. The number of benzene rings is 3. The highest BCUT2D eigenvalue weighted by molar-refractivity contribution is 8.93. The van der Waals surface area contributed by atoms with Crippen LogP contribution in [0.5, 0.6) is 5.75 Å². The Kier molecular flexibility index (Phi) is 8.77. The maximum Gasteiger partial charge on any atom is 0.203 e. The molecule has 5 nitrogen and oxygen atoms in total. The Morgan fingerprint density at radius 1 is 0.816 bits per heavy atom. The third-order valence-corrected chi connectivity index (χ3v) is 7.01. The number of carbonyl (C=O) groups is 1. The van der Waals surface area contributed by atoms with Crippen molar-refractivity contribution in [3.63, 3.8) is 0 Å². The number of imidazole rings is 1. The summed E-state index contributed by atoms with van der Waals surface area (Å²) in [5.41, 5.74) is 4.92. The van der Waals surface area contributed by atoms with Crippen molar-refractivity contribution in [3.8, 4) is 5.75 Å². The van der Waals surface area contributed by atoms with E-state index in [1.54, 1.807) is 4.57 Å². The number of rotatable bonds is 7. The standard InChI is InChI=1S/C32H39N3O2.BrH/c1-31(2,3)24-19-23(20-25(29(24)37)32(4,5)6)28(36)21-35-27-17-11-10-16-26(27)34(30(35)33)18-12-15-22-13-8-7-9-14-22;/h7-11,13-14,16-17,19-20,33,37H,12,15,18,21H2,1-6H3;1H. The number of aromatic hydroxyl groups is 1. The highest BCUT2D eigenvalue weighted by atomic mass is 79.9. The van der Waals surface area contributed by atoms with Crippen LogP contribution in [0.1, 0.15) is 75.0 Å². The van der Waals surface area contributed by atoms with Gasteiger partial charge in [-0.15, -0.1) is 17.0 Å². The molecule has 0 atom stereocenters. The number of carbonyl (C=O) groups excluding carboxylic acids is 1. The molecule has 1 aromatic heterocycles. The number of phenols is 1. The first-order chi connectivity index (χ1) is 17.4. The van der Waals surface area contributed by atoms with Gasteiger partial charge in [0, 0.05) is 23.2 Å². The van der Waals surface area contributed by atoms with Gasteiger partial charge >= 0.3 is 0 Å². The summed E-state index contributed by atoms with van der Waals surface area (Å²) in [5.74, 6) is 0.196. The topological polar surface area (TPSA) is 71.0 Å². The Labute approximate surface area is 236 Å². The van der Waals surface area contributed by atoms with Crippen molar-refractivity contribution in [2.75, 3.05) is 0 Å². The molecule has 0 radical (unpaired) electrons. The van der Waals surface area contributed by atoms with Crippen LogP contribution in [0.4, 0.5) is 0 Å². The summed E-state index contributed by atoms with van der Waals surface area (Å²) >= 11 is 0. The summed E-state index contributed by atoms with van der Waals surface area (Å²) in [7, 11) is 0. The van der Waals surface area contributed by atoms with Gasteiger partial charge in [-0.2, -0.15) is 0 Å². The number of ketones is 1. The van der Waals surface area contributed by atoms with E-state index in [-0.39, 0.29) is 45.9 Å². The van der Waals surface area contributed by atoms with Crippen LogP contribution in [0.2, 0.25) is 0 Å². The highest BCUT2D eigenvalue weighted by Crippen LogP contribution is 2.40. The van der Waals surface area contributed by atoms with Crippen molar-refractivity contribution in [2.24, 2.45) is 0 Å². The number of hydrogen-bond acceptors (Lipinski definition) is 3. The van der Waals surface area contributed by atoms with Gasteiger partial charge in [0.25, 0.3) is 0 Å². The summed E-state index contributed by atoms with van der Waals surface area (Å²) in [6.45, 7) is 13.0. The first-order valence-corrected chi connectivity index (χ1v) is 13.1. The Hall–Kier alpha value is -3.12. The second kappa shape index (κ2) is 11.3. The minimum Gasteiger partial charge on any atom is -0.507 e. The Morgan fingerprint density at radius 3 is 1.84 bits per heavy atom. The first-order valence-electron chi connectivity index (χ1n) is 13.1. The smallest absolute Gasteiger partial charge is 0.203 e. The number of halogens is 1. The SMILES string of the molecule is Br.CC(C)(C)c1cc(C(=O)Cn2c(=N)n(CCCc3ccccc3)c3ccccc32)cc(C(C)(C)C)c1O. The minimum absolute atomic E-state index is 0. The third-order valence-electron chi connectivity index (χ3n) is 7.01. The largest absolute Gasteiger partial charge is 0.507 e. The van der Waals surface area contributed by atoms with Gasteiger partial charge in [0.2, 0.25) is 5.62 Å². The van der Waals surface area contributed by atoms with Crippen LogP contribution in [-0.4, -0.2) is 20.0 Å². The van der Waals surface area contributed by atoms with Gasteiger partial charge in [-0.3, -0.25) is 10.2 Å². The molecule has 6 heteroatoms. The molecule has 0 amide bonds. The molecule has 3 aromatic carbocycles. The summed E-state index contributed by atoms with van der Waals surface area (Å²) in [5, 5.41) is 20.0. The summed E-state index contributed by atoms with van der Waals surface area (Å²) in [6.07, 6.45) is 1.84. The van der Waals surface area contributed by atoms with Crippen molar-refractivity contribution in [1.29, 1.82) is 5.41 Å². The van der Waals surface area contributed by atoms with Gasteiger partial charge in [0.05, 0.1) is 17.6 Å². The molecular formula is C32H40BrN3O2. The highest BCUT2D eigenvalue weighted by Gasteiger charge is 2.28. The molecule has 4 rings (SSSR count). The zero-order valence-electron chi connectivity index (χ0n) is 23.3. The van der Waals surface area contributed by atoms with Gasteiger partial charge in [0.15, 0.2) is 5.78 Å². The van der Waals surface area contributed by atoms with Crippen molar-refractivity contribution < 1.29 is 9.90 Å². The van der Waals surface area contributed by atoms with Crippen molar-refractivity contribution in [3.05, 3.63) is 94.6 Å². The summed E-state index contributed by atoms with van der Waals surface area (Å²) in [4.78, 5) is 13.7. The maximum atomic E-state index is 13.7. The van der Waals surface area contributed by atoms with E-state index in [1.807, 2.05) is 88.6 Å². The lowest BCUT2D eigenvalue weighted by atomic mass is 9.78. The fourth-order valence-electron chi connectivity index (χ4n) is 4.94. The number of hydrogen-bond donors (Lipinski definition) is 2. The fraction of sp³-hybridized carbons (Fsp3) is 0.375. The number of phenolic OH excluding ortho intramolecular Hbond substituents is 1. The lowest BCUT2D eigenvalue weighted by Crippen LogP contribution is -2.28. The van der Waals surface area contributed by atoms with Gasteiger partial charge in [-0.1, -0.05) is 84.0 Å². The number of aromatic nitrogens is 2. The van der Waals surface area contributed by atoms with E-state index in [9.17, 15) is 9.90 Å².